The van der Waals surface area contributed by atoms with Gasteiger partial charge in [-0.1, -0.05) is 0 Å². The molecule has 0 radical (unpaired) electrons. The summed E-state index contributed by atoms with van der Waals surface area (Å²) in [5, 5.41) is 8.73. The van der Waals surface area contributed by atoms with Crippen LogP contribution in [-0.4, -0.2) is 46.8 Å². The Kier molecular flexibility index (Phi) is 3.75. The van der Waals surface area contributed by atoms with Crippen LogP contribution in [0.1, 0.15) is 17.9 Å². The summed E-state index contributed by atoms with van der Waals surface area (Å²) in [5.74, 6) is -0.0132. The lowest BCUT2D eigenvalue weighted by Crippen LogP contribution is -2.42. The van der Waals surface area contributed by atoms with Crippen LogP contribution in [0.4, 0.5) is 0 Å². The van der Waals surface area contributed by atoms with Crippen molar-refractivity contribution in [3.63, 3.8) is 0 Å². The Morgan fingerprint density at radius 1 is 1.71 bits per heavy atom. The minimum Gasteiger partial charge on any atom is -0.481 e. The third-order valence-corrected chi connectivity index (χ3v) is 2.84. The number of nitrogens with zero attached hydrogens (tertiary/aromatic N) is 2. The molecule has 1 unspecified atom stereocenters. The van der Waals surface area contributed by atoms with Gasteiger partial charge in [-0.25, -0.2) is 4.98 Å². The molecule has 1 aliphatic rings. The minimum atomic E-state index is -0.825. The second-order valence-electron chi connectivity index (χ2n) is 4.18. The molecule has 6 heteroatoms. The fourth-order valence-electron chi connectivity index (χ4n) is 1.93. The highest BCUT2D eigenvalue weighted by atomic mass is 16.5. The average Bonchev–Trinajstić information content (AvgIpc) is 2.64. The van der Waals surface area contributed by atoms with Crippen LogP contribution in [0, 0.1) is 6.92 Å². The molecule has 1 aromatic heterocycles. The summed E-state index contributed by atoms with van der Waals surface area (Å²) in [6.45, 7) is 4.54. The number of oxazole rings is 1. The minimum absolute atomic E-state index is 0.0499. The van der Waals surface area contributed by atoms with E-state index in [2.05, 4.69) is 9.88 Å². The van der Waals surface area contributed by atoms with E-state index in [-0.39, 0.29) is 12.5 Å². The fraction of sp³-hybridized carbons (Fsp3) is 0.636. The number of hydrogen-bond acceptors (Lipinski definition) is 5. The van der Waals surface area contributed by atoms with Gasteiger partial charge in [-0.05, 0) is 6.92 Å². The van der Waals surface area contributed by atoms with Crippen LogP contribution < -0.4 is 0 Å². The van der Waals surface area contributed by atoms with Crippen molar-refractivity contribution in [2.75, 3.05) is 19.7 Å². The van der Waals surface area contributed by atoms with E-state index in [1.54, 1.807) is 0 Å². The molecule has 1 aromatic rings. The van der Waals surface area contributed by atoms with Crippen LogP contribution in [0.2, 0.25) is 0 Å². The number of carboxylic acids is 1. The predicted octanol–water partition coefficient (Wildman–Crippen LogP) is 0.659. The van der Waals surface area contributed by atoms with E-state index in [0.717, 1.165) is 18.0 Å². The van der Waals surface area contributed by atoms with Crippen molar-refractivity contribution in [2.45, 2.75) is 26.0 Å². The van der Waals surface area contributed by atoms with Crippen LogP contribution in [0.25, 0.3) is 0 Å². The summed E-state index contributed by atoms with van der Waals surface area (Å²) in [7, 11) is 0. The first-order valence-electron chi connectivity index (χ1n) is 5.60. The van der Waals surface area contributed by atoms with Crippen molar-refractivity contribution in [1.82, 2.24) is 9.88 Å². The maximum atomic E-state index is 10.6. The molecule has 94 valence electrons. The van der Waals surface area contributed by atoms with E-state index >= 15 is 0 Å². The summed E-state index contributed by atoms with van der Waals surface area (Å²) < 4.78 is 10.5. The molecular formula is C11H16N2O4. The van der Waals surface area contributed by atoms with E-state index in [0.29, 0.717) is 19.7 Å². The largest absolute Gasteiger partial charge is 0.481 e. The smallest absolute Gasteiger partial charge is 0.306 e. The second kappa shape index (κ2) is 5.29. The molecule has 2 heterocycles. The lowest BCUT2D eigenvalue weighted by atomic mass is 10.2. The number of carboxylic acid groups (broad SMARTS) is 1. The Morgan fingerprint density at radius 3 is 3.18 bits per heavy atom. The van der Waals surface area contributed by atoms with Crippen molar-refractivity contribution in [1.29, 1.82) is 0 Å². The molecule has 0 aromatic carbocycles. The lowest BCUT2D eigenvalue weighted by Gasteiger charge is -2.31. The molecule has 0 spiro atoms. The monoisotopic (exact) mass is 240 g/mol. The van der Waals surface area contributed by atoms with E-state index in [1.807, 2.05) is 6.92 Å². The Labute approximate surface area is 99.2 Å². The molecule has 1 atom stereocenters. The van der Waals surface area contributed by atoms with Crippen molar-refractivity contribution in [2.24, 2.45) is 0 Å². The molecule has 0 amide bonds. The topological polar surface area (TPSA) is 75.8 Å². The van der Waals surface area contributed by atoms with Gasteiger partial charge in [-0.3, -0.25) is 9.69 Å². The molecule has 2 rings (SSSR count). The number of aliphatic carboxylic acids is 1. The second-order valence-corrected chi connectivity index (χ2v) is 4.18. The molecule has 1 fully saturated rings. The number of ether oxygens (including phenoxy) is 1. The molecule has 17 heavy (non-hydrogen) atoms. The van der Waals surface area contributed by atoms with Crippen LogP contribution in [-0.2, 0) is 16.1 Å². The highest BCUT2D eigenvalue weighted by molar-refractivity contribution is 5.67. The first-order valence-corrected chi connectivity index (χ1v) is 5.60. The Morgan fingerprint density at radius 2 is 2.53 bits per heavy atom. The zero-order chi connectivity index (χ0) is 12.3. The van der Waals surface area contributed by atoms with Crippen molar-refractivity contribution in [3.05, 3.63) is 17.8 Å². The normalized spacial score (nSPS) is 21.6. The summed E-state index contributed by atoms with van der Waals surface area (Å²) in [5.41, 5.74) is 0.904. The maximum absolute atomic E-state index is 10.6. The summed E-state index contributed by atoms with van der Waals surface area (Å²) in [6.07, 6.45) is 1.25. The van der Waals surface area contributed by atoms with Crippen molar-refractivity contribution < 1.29 is 19.1 Å². The molecule has 1 N–H and O–H groups in total. The van der Waals surface area contributed by atoms with Gasteiger partial charge in [-0.15, -0.1) is 0 Å². The van der Waals surface area contributed by atoms with Crippen molar-refractivity contribution >= 4 is 5.97 Å². The van der Waals surface area contributed by atoms with Crippen LogP contribution in [0.5, 0.6) is 0 Å². The van der Waals surface area contributed by atoms with Gasteiger partial charge in [0.1, 0.15) is 5.76 Å². The summed E-state index contributed by atoms with van der Waals surface area (Å²) >= 11 is 0. The van der Waals surface area contributed by atoms with E-state index in [4.69, 9.17) is 14.3 Å². The average molecular weight is 240 g/mol. The Balaban J connectivity index is 1.89. The van der Waals surface area contributed by atoms with Crippen LogP contribution >= 0.6 is 0 Å². The van der Waals surface area contributed by atoms with Gasteiger partial charge < -0.3 is 14.3 Å². The number of morpholine rings is 1. The lowest BCUT2D eigenvalue weighted by molar-refractivity contribution is -0.142. The number of hydrogen-bond donors (Lipinski definition) is 1. The first kappa shape index (κ1) is 12.1. The Bertz CT molecular complexity index is 391. The molecule has 1 aliphatic heterocycles. The third kappa shape index (κ3) is 3.28. The standard InChI is InChI=1S/C11H16N2O4/c1-8-10(12-7-17-8)6-13-2-3-16-9(5-13)4-11(14)15/h7,9H,2-6H2,1H3,(H,14,15). The maximum Gasteiger partial charge on any atom is 0.306 e. The highest BCUT2D eigenvalue weighted by Crippen LogP contribution is 2.13. The fourth-order valence-corrected chi connectivity index (χ4v) is 1.93. The van der Waals surface area contributed by atoms with Crippen molar-refractivity contribution in [3.8, 4) is 0 Å². The van der Waals surface area contributed by atoms with Gasteiger partial charge in [0, 0.05) is 19.6 Å². The van der Waals surface area contributed by atoms with E-state index < -0.39 is 5.97 Å². The SMILES string of the molecule is Cc1ocnc1CN1CCOC(CC(=O)O)C1. The van der Waals surface area contributed by atoms with E-state index in [9.17, 15) is 4.79 Å². The van der Waals surface area contributed by atoms with Gasteiger partial charge >= 0.3 is 5.97 Å². The first-order chi connectivity index (χ1) is 8.15. The molecule has 0 saturated carbocycles. The molecule has 0 aliphatic carbocycles. The molecule has 6 nitrogen and oxygen atoms in total. The summed E-state index contributed by atoms with van der Waals surface area (Å²) in [6, 6.07) is 0. The number of carbonyl (C=O) groups is 1. The quantitative estimate of drug-likeness (QED) is 0.833. The summed E-state index contributed by atoms with van der Waals surface area (Å²) in [4.78, 5) is 16.9. The van der Waals surface area contributed by atoms with Crippen LogP contribution in [0.3, 0.4) is 0 Å². The zero-order valence-electron chi connectivity index (χ0n) is 9.76. The van der Waals surface area contributed by atoms with Gasteiger partial charge in [0.2, 0.25) is 0 Å². The number of rotatable bonds is 4. The van der Waals surface area contributed by atoms with E-state index in [1.165, 1.54) is 6.39 Å². The molecule has 0 bridgehead atoms. The highest BCUT2D eigenvalue weighted by Gasteiger charge is 2.23. The number of aromatic nitrogens is 1. The van der Waals surface area contributed by atoms with Gasteiger partial charge in [-0.2, -0.15) is 0 Å². The number of aryl methyl sites for hydroxylation is 1. The van der Waals surface area contributed by atoms with Gasteiger partial charge in [0.25, 0.3) is 0 Å². The zero-order valence-corrected chi connectivity index (χ0v) is 9.76. The van der Waals surface area contributed by atoms with Gasteiger partial charge in [0.15, 0.2) is 6.39 Å². The molecular weight excluding hydrogens is 224 g/mol. The van der Waals surface area contributed by atoms with Crippen LogP contribution in [0.15, 0.2) is 10.8 Å². The molecule has 1 saturated heterocycles. The van der Waals surface area contributed by atoms with Gasteiger partial charge in [0.05, 0.1) is 24.8 Å². The Hall–Kier alpha value is -1.40. The third-order valence-electron chi connectivity index (χ3n) is 2.84. The predicted molar refractivity (Wildman–Crippen MR) is 58.5 cm³/mol.